The van der Waals surface area contributed by atoms with Crippen LogP contribution < -0.4 is 10.6 Å². The molecule has 5 nitrogen and oxygen atoms in total. The van der Waals surface area contributed by atoms with Gasteiger partial charge >= 0.3 is 12.3 Å². The van der Waals surface area contributed by atoms with Crippen molar-refractivity contribution in [2.75, 3.05) is 19.8 Å². The molecule has 0 saturated heterocycles. The Labute approximate surface area is 138 Å². The molecule has 1 fully saturated rings. The van der Waals surface area contributed by atoms with Gasteiger partial charge in [0.25, 0.3) is 0 Å². The number of carbonyl (C=O) groups excluding carboxylic acids is 1. The monoisotopic (exact) mass is 346 g/mol. The van der Waals surface area contributed by atoms with Crippen LogP contribution in [0.4, 0.5) is 18.0 Å². The van der Waals surface area contributed by atoms with Gasteiger partial charge in [0.2, 0.25) is 0 Å². The molecule has 1 aromatic carbocycles. The van der Waals surface area contributed by atoms with Crippen LogP contribution in [0.5, 0.6) is 0 Å². The molecule has 0 radical (unpaired) electrons. The van der Waals surface area contributed by atoms with Gasteiger partial charge in [-0.2, -0.15) is 13.2 Å². The molecule has 0 aromatic heterocycles. The number of benzene rings is 1. The molecule has 1 aliphatic carbocycles. The van der Waals surface area contributed by atoms with E-state index in [1.54, 1.807) is 0 Å². The molecule has 2 rings (SSSR count). The summed E-state index contributed by atoms with van der Waals surface area (Å²) in [5.74, 6) is 0. The molecular formula is C16H21F3N2O3. The van der Waals surface area contributed by atoms with Crippen LogP contribution in [-0.4, -0.2) is 44.1 Å². The van der Waals surface area contributed by atoms with Gasteiger partial charge in [-0.05, 0) is 18.4 Å². The van der Waals surface area contributed by atoms with Crippen LogP contribution in [0.15, 0.2) is 30.3 Å². The van der Waals surface area contributed by atoms with Gasteiger partial charge in [0.05, 0.1) is 6.61 Å². The Morgan fingerprint density at radius 1 is 1.17 bits per heavy atom. The minimum atomic E-state index is -4.29. The highest BCUT2D eigenvalue weighted by Gasteiger charge is 2.30. The lowest BCUT2D eigenvalue weighted by atomic mass is 9.87. The standard InChI is InChI=1S/C16H21F3N2O3/c17-16(18,19)11-23-7-6-20-13-8-14(9-13)21-15(22)24-10-12-4-2-1-3-5-12/h1-5,13-14,20H,6-11H2,(H,21,22). The molecule has 1 saturated carbocycles. The molecule has 1 amide bonds. The molecule has 0 atom stereocenters. The topological polar surface area (TPSA) is 59.6 Å². The molecule has 0 bridgehead atoms. The maximum absolute atomic E-state index is 11.9. The third-order valence-electron chi connectivity index (χ3n) is 3.62. The van der Waals surface area contributed by atoms with Crippen LogP contribution in [0, 0.1) is 0 Å². The maximum Gasteiger partial charge on any atom is 0.411 e. The van der Waals surface area contributed by atoms with Crippen molar-refractivity contribution in [2.24, 2.45) is 0 Å². The highest BCUT2D eigenvalue weighted by Crippen LogP contribution is 2.20. The van der Waals surface area contributed by atoms with Gasteiger partial charge < -0.3 is 20.1 Å². The Kier molecular flexibility index (Phi) is 6.86. The second-order valence-corrected chi connectivity index (χ2v) is 5.69. The first kappa shape index (κ1) is 18.5. The van der Waals surface area contributed by atoms with Crippen molar-refractivity contribution in [1.29, 1.82) is 0 Å². The maximum atomic E-state index is 11.9. The fourth-order valence-corrected chi connectivity index (χ4v) is 2.36. The molecule has 134 valence electrons. The number of hydrogen-bond donors (Lipinski definition) is 2. The van der Waals surface area contributed by atoms with Crippen LogP contribution in [0.1, 0.15) is 18.4 Å². The van der Waals surface area contributed by atoms with Crippen LogP contribution in [0.2, 0.25) is 0 Å². The van der Waals surface area contributed by atoms with Crippen LogP contribution in [-0.2, 0) is 16.1 Å². The van der Waals surface area contributed by atoms with E-state index in [9.17, 15) is 18.0 Å². The molecule has 8 heteroatoms. The Bertz CT molecular complexity index is 505. The second-order valence-electron chi connectivity index (χ2n) is 5.69. The predicted molar refractivity (Wildman–Crippen MR) is 81.4 cm³/mol. The Balaban J connectivity index is 1.48. The quantitative estimate of drug-likeness (QED) is 0.711. The van der Waals surface area contributed by atoms with Gasteiger partial charge in [-0.25, -0.2) is 4.79 Å². The van der Waals surface area contributed by atoms with Crippen molar-refractivity contribution < 1.29 is 27.4 Å². The summed E-state index contributed by atoms with van der Waals surface area (Å²) in [6.07, 6.45) is -3.30. The normalized spacial score (nSPS) is 20.3. The van der Waals surface area contributed by atoms with E-state index in [1.807, 2.05) is 30.3 Å². The van der Waals surface area contributed by atoms with Gasteiger partial charge in [-0.1, -0.05) is 30.3 Å². The number of hydrogen-bond acceptors (Lipinski definition) is 4. The van der Waals surface area contributed by atoms with Crippen molar-refractivity contribution in [2.45, 2.75) is 37.7 Å². The summed E-state index contributed by atoms with van der Waals surface area (Å²) in [4.78, 5) is 11.6. The smallest absolute Gasteiger partial charge is 0.411 e. The summed E-state index contributed by atoms with van der Waals surface area (Å²) in [5, 5.41) is 5.84. The number of alkyl halides is 3. The zero-order valence-corrected chi connectivity index (χ0v) is 13.1. The number of rotatable bonds is 8. The van der Waals surface area contributed by atoms with Gasteiger partial charge in [0, 0.05) is 18.6 Å². The first-order valence-corrected chi connectivity index (χ1v) is 7.77. The Morgan fingerprint density at radius 3 is 2.54 bits per heavy atom. The van der Waals surface area contributed by atoms with Crippen molar-refractivity contribution >= 4 is 6.09 Å². The van der Waals surface area contributed by atoms with Gasteiger partial charge in [-0.15, -0.1) is 0 Å². The molecule has 24 heavy (non-hydrogen) atoms. The zero-order valence-electron chi connectivity index (χ0n) is 13.1. The first-order chi connectivity index (χ1) is 11.4. The highest BCUT2D eigenvalue weighted by atomic mass is 19.4. The molecule has 0 aliphatic heterocycles. The third-order valence-corrected chi connectivity index (χ3v) is 3.62. The Morgan fingerprint density at radius 2 is 1.88 bits per heavy atom. The van der Waals surface area contributed by atoms with Crippen LogP contribution in [0.3, 0.4) is 0 Å². The number of amides is 1. The summed E-state index contributed by atoms with van der Waals surface area (Å²) in [6, 6.07) is 9.59. The lowest BCUT2D eigenvalue weighted by molar-refractivity contribution is -0.173. The highest BCUT2D eigenvalue weighted by molar-refractivity contribution is 5.67. The fraction of sp³-hybridized carbons (Fsp3) is 0.562. The molecule has 2 N–H and O–H groups in total. The fourth-order valence-electron chi connectivity index (χ4n) is 2.36. The van der Waals surface area contributed by atoms with E-state index < -0.39 is 18.9 Å². The van der Waals surface area contributed by atoms with E-state index in [0.29, 0.717) is 6.54 Å². The Hall–Kier alpha value is -1.80. The van der Waals surface area contributed by atoms with Gasteiger partial charge in [0.15, 0.2) is 0 Å². The average molecular weight is 346 g/mol. The van der Waals surface area contributed by atoms with Crippen LogP contribution in [0.25, 0.3) is 0 Å². The number of halogens is 3. The van der Waals surface area contributed by atoms with Crippen molar-refractivity contribution in [3.8, 4) is 0 Å². The van der Waals surface area contributed by atoms with Crippen molar-refractivity contribution in [3.63, 3.8) is 0 Å². The molecule has 1 aliphatic rings. The largest absolute Gasteiger partial charge is 0.445 e. The summed E-state index contributed by atoms with van der Waals surface area (Å²) in [7, 11) is 0. The molecular weight excluding hydrogens is 325 g/mol. The minimum Gasteiger partial charge on any atom is -0.445 e. The van der Waals surface area contributed by atoms with E-state index in [-0.39, 0.29) is 25.3 Å². The SMILES string of the molecule is O=C(NC1CC(NCCOCC(F)(F)F)C1)OCc1ccccc1. The lowest BCUT2D eigenvalue weighted by Crippen LogP contribution is -2.53. The zero-order chi connectivity index (χ0) is 17.4. The lowest BCUT2D eigenvalue weighted by Gasteiger charge is -2.36. The van der Waals surface area contributed by atoms with E-state index in [4.69, 9.17) is 4.74 Å². The van der Waals surface area contributed by atoms with Crippen molar-refractivity contribution in [1.82, 2.24) is 10.6 Å². The molecule has 0 spiro atoms. The van der Waals surface area contributed by atoms with Crippen molar-refractivity contribution in [3.05, 3.63) is 35.9 Å². The number of carbonyl (C=O) groups is 1. The van der Waals surface area contributed by atoms with E-state index in [1.165, 1.54) is 0 Å². The van der Waals surface area contributed by atoms with Gasteiger partial charge in [-0.3, -0.25) is 0 Å². The summed E-state index contributed by atoms with van der Waals surface area (Å²) >= 11 is 0. The van der Waals surface area contributed by atoms with Crippen LogP contribution >= 0.6 is 0 Å². The molecule has 0 heterocycles. The summed E-state index contributed by atoms with van der Waals surface area (Å²) < 4.78 is 45.2. The summed E-state index contributed by atoms with van der Waals surface area (Å²) in [6.45, 7) is -0.645. The van der Waals surface area contributed by atoms with E-state index in [0.717, 1.165) is 18.4 Å². The number of alkyl carbamates (subject to hydrolysis) is 1. The predicted octanol–water partition coefficient (Wildman–Crippen LogP) is 2.61. The minimum absolute atomic E-state index is 0.00717. The van der Waals surface area contributed by atoms with E-state index in [2.05, 4.69) is 15.4 Å². The molecule has 1 aromatic rings. The number of ether oxygens (including phenoxy) is 2. The summed E-state index contributed by atoms with van der Waals surface area (Å²) in [5.41, 5.74) is 0.916. The van der Waals surface area contributed by atoms with Gasteiger partial charge in [0.1, 0.15) is 13.2 Å². The second kappa shape index (κ2) is 8.89. The first-order valence-electron chi connectivity index (χ1n) is 7.77. The van der Waals surface area contributed by atoms with E-state index >= 15 is 0 Å². The third kappa shape index (κ3) is 7.18. The average Bonchev–Trinajstić information content (AvgIpc) is 2.49. The number of nitrogens with one attached hydrogen (secondary N) is 2. The molecule has 0 unspecified atom stereocenters.